The van der Waals surface area contributed by atoms with Crippen molar-refractivity contribution in [3.63, 3.8) is 0 Å². The maximum atomic E-state index is 12.2. The number of hydrogen-bond donors (Lipinski definition) is 1. The fourth-order valence-electron chi connectivity index (χ4n) is 3.16. The molecular formula is C31H28O8. The molecule has 0 saturated carbocycles. The summed E-state index contributed by atoms with van der Waals surface area (Å²) >= 11 is 0. The van der Waals surface area contributed by atoms with Crippen LogP contribution in [0, 0.1) is 0 Å². The molecule has 1 N–H and O–H groups in total. The van der Waals surface area contributed by atoms with Crippen molar-refractivity contribution in [3.8, 4) is 28.4 Å². The molecule has 0 amide bonds. The molecule has 0 radical (unpaired) electrons. The molecule has 0 aromatic heterocycles. The lowest BCUT2D eigenvalue weighted by Gasteiger charge is -2.08. The third kappa shape index (κ3) is 9.46. The molecular weight excluding hydrogens is 500 g/mol. The molecule has 3 aromatic carbocycles. The zero-order valence-corrected chi connectivity index (χ0v) is 21.2. The van der Waals surface area contributed by atoms with Crippen LogP contribution >= 0.6 is 0 Å². The van der Waals surface area contributed by atoms with Crippen molar-refractivity contribution in [2.75, 3.05) is 19.8 Å². The Hall–Kier alpha value is -4.95. The summed E-state index contributed by atoms with van der Waals surface area (Å²) in [5, 5.41) is 8.82. The lowest BCUT2D eigenvalue weighted by Crippen LogP contribution is -2.12. The normalized spacial score (nSPS) is 10.5. The number of ether oxygens (including phenoxy) is 4. The van der Waals surface area contributed by atoms with Gasteiger partial charge in [0.25, 0.3) is 0 Å². The summed E-state index contributed by atoms with van der Waals surface area (Å²) in [4.78, 5) is 34.9. The van der Waals surface area contributed by atoms with Gasteiger partial charge in [0.2, 0.25) is 0 Å². The number of carbonyl (C=O) groups excluding carboxylic acids is 3. The molecule has 3 aromatic rings. The van der Waals surface area contributed by atoms with Gasteiger partial charge in [0.1, 0.15) is 17.2 Å². The zero-order chi connectivity index (χ0) is 28.0. The second kappa shape index (κ2) is 14.7. The largest absolute Gasteiger partial charge is 0.493 e. The van der Waals surface area contributed by atoms with Crippen molar-refractivity contribution in [2.24, 2.45) is 0 Å². The fraction of sp³-hybridized carbons (Fsp3) is 0.129. The van der Waals surface area contributed by atoms with Gasteiger partial charge in [-0.05, 0) is 59.2 Å². The van der Waals surface area contributed by atoms with Gasteiger partial charge in [-0.2, -0.15) is 0 Å². The highest BCUT2D eigenvalue weighted by Gasteiger charge is 2.07. The van der Waals surface area contributed by atoms with E-state index in [4.69, 9.17) is 24.1 Å². The average Bonchev–Trinajstić information content (AvgIpc) is 2.96. The van der Waals surface area contributed by atoms with E-state index in [-0.39, 0.29) is 12.2 Å². The van der Waals surface area contributed by atoms with Gasteiger partial charge in [-0.15, -0.1) is 0 Å². The van der Waals surface area contributed by atoms with E-state index in [1.165, 1.54) is 6.08 Å². The first-order valence-corrected chi connectivity index (χ1v) is 12.0. The van der Waals surface area contributed by atoms with Gasteiger partial charge in [-0.1, -0.05) is 49.6 Å². The Kier molecular flexibility index (Phi) is 10.8. The van der Waals surface area contributed by atoms with Crippen molar-refractivity contribution < 1.29 is 38.4 Å². The van der Waals surface area contributed by atoms with Gasteiger partial charge >= 0.3 is 17.9 Å². The fourth-order valence-corrected chi connectivity index (χ4v) is 3.16. The third-order valence-corrected chi connectivity index (χ3v) is 5.21. The molecule has 8 heteroatoms. The second-order valence-electron chi connectivity index (χ2n) is 8.10. The van der Waals surface area contributed by atoms with E-state index in [1.54, 1.807) is 54.6 Å². The maximum absolute atomic E-state index is 12.2. The first-order chi connectivity index (χ1) is 18.9. The summed E-state index contributed by atoms with van der Waals surface area (Å²) in [6, 6.07) is 21.2. The van der Waals surface area contributed by atoms with E-state index < -0.39 is 24.5 Å². The van der Waals surface area contributed by atoms with E-state index in [9.17, 15) is 14.4 Å². The highest BCUT2D eigenvalue weighted by Crippen LogP contribution is 2.25. The quantitative estimate of drug-likeness (QED) is 0.144. The topological polar surface area (TPSA) is 108 Å². The molecule has 0 fully saturated rings. The Morgan fingerprint density at radius 1 is 0.744 bits per heavy atom. The van der Waals surface area contributed by atoms with Crippen LogP contribution in [0.4, 0.5) is 0 Å². The highest BCUT2D eigenvalue weighted by molar-refractivity contribution is 5.89. The van der Waals surface area contributed by atoms with Crippen LogP contribution in [0.3, 0.4) is 0 Å². The zero-order valence-electron chi connectivity index (χ0n) is 21.2. The van der Waals surface area contributed by atoms with Crippen LogP contribution in [0.1, 0.15) is 12.0 Å². The highest BCUT2D eigenvalue weighted by atomic mass is 16.5. The molecule has 3 rings (SSSR count). The first-order valence-electron chi connectivity index (χ1n) is 12.0. The average molecular weight is 529 g/mol. The Balaban J connectivity index is 1.43. The molecule has 0 aliphatic carbocycles. The van der Waals surface area contributed by atoms with Crippen molar-refractivity contribution in [1.29, 1.82) is 0 Å². The number of hydrogen-bond acceptors (Lipinski definition) is 8. The second-order valence-corrected chi connectivity index (χ2v) is 8.10. The molecule has 0 aliphatic heterocycles. The van der Waals surface area contributed by atoms with E-state index in [0.29, 0.717) is 30.3 Å². The minimum atomic E-state index is -0.624. The van der Waals surface area contributed by atoms with E-state index in [2.05, 4.69) is 13.2 Å². The molecule has 0 unspecified atom stereocenters. The van der Waals surface area contributed by atoms with Crippen LogP contribution in [0.5, 0.6) is 17.2 Å². The smallest absolute Gasteiger partial charge is 0.336 e. The summed E-state index contributed by atoms with van der Waals surface area (Å²) in [6.45, 7) is 6.83. The summed E-state index contributed by atoms with van der Waals surface area (Å²) in [7, 11) is 0. The number of carbonyl (C=O) groups is 3. The van der Waals surface area contributed by atoms with Crippen molar-refractivity contribution >= 4 is 24.0 Å². The molecule has 0 heterocycles. The summed E-state index contributed by atoms with van der Waals surface area (Å²) < 4.78 is 21.0. The van der Waals surface area contributed by atoms with Gasteiger partial charge in [-0.3, -0.25) is 0 Å². The molecule has 8 nitrogen and oxygen atoms in total. The van der Waals surface area contributed by atoms with Crippen LogP contribution in [-0.4, -0.2) is 42.8 Å². The maximum Gasteiger partial charge on any atom is 0.336 e. The van der Waals surface area contributed by atoms with E-state index >= 15 is 0 Å². The Labute approximate surface area is 226 Å². The lowest BCUT2D eigenvalue weighted by molar-refractivity contribution is -0.139. The van der Waals surface area contributed by atoms with Gasteiger partial charge in [-0.25, -0.2) is 14.4 Å². The number of benzene rings is 3. The molecule has 0 aliphatic rings. The molecule has 0 saturated heterocycles. The summed E-state index contributed by atoms with van der Waals surface area (Å²) in [6.07, 6.45) is 4.55. The Morgan fingerprint density at radius 2 is 1.28 bits per heavy atom. The third-order valence-electron chi connectivity index (χ3n) is 5.21. The number of aliphatic hydroxyl groups is 1. The van der Waals surface area contributed by atoms with E-state index in [0.717, 1.165) is 22.8 Å². The molecule has 200 valence electrons. The molecule has 0 bridgehead atoms. The van der Waals surface area contributed by atoms with Crippen LogP contribution in [0.25, 0.3) is 17.2 Å². The summed E-state index contributed by atoms with van der Waals surface area (Å²) in [5.41, 5.74) is 2.61. The monoisotopic (exact) mass is 528 g/mol. The SMILES string of the molecule is C=CC(=O)Oc1ccc(-c2ccc(OC(=O)/C=C/c3ccc(OCCCOC(=O)C(=C)CO)cc3)cc2)cc1. The van der Waals surface area contributed by atoms with Gasteiger partial charge in [0.15, 0.2) is 0 Å². The van der Waals surface area contributed by atoms with Gasteiger partial charge < -0.3 is 24.1 Å². The standard InChI is InChI=1S/C31H28O8/c1-3-29(33)38-27-14-8-24(9-15-27)25-10-16-28(17-11-25)39-30(34)18-7-23-5-12-26(13-6-23)36-19-4-20-37-31(35)22(2)21-32/h3,5-18,32H,1-2,4,19-21H2/b18-7+. The van der Waals surface area contributed by atoms with Crippen LogP contribution < -0.4 is 14.2 Å². The predicted molar refractivity (Wildman–Crippen MR) is 146 cm³/mol. The minimum Gasteiger partial charge on any atom is -0.493 e. The predicted octanol–water partition coefficient (Wildman–Crippen LogP) is 4.92. The molecule has 0 spiro atoms. The van der Waals surface area contributed by atoms with Crippen molar-refractivity contribution in [1.82, 2.24) is 0 Å². The lowest BCUT2D eigenvalue weighted by atomic mass is 10.1. The van der Waals surface area contributed by atoms with E-state index in [1.807, 2.05) is 24.3 Å². The van der Waals surface area contributed by atoms with Crippen LogP contribution in [0.2, 0.25) is 0 Å². The van der Waals surface area contributed by atoms with Gasteiger partial charge in [0, 0.05) is 18.6 Å². The summed E-state index contributed by atoms with van der Waals surface area (Å²) in [5.74, 6) is -0.207. The van der Waals surface area contributed by atoms with Gasteiger partial charge in [0.05, 0.1) is 25.4 Å². The van der Waals surface area contributed by atoms with Crippen molar-refractivity contribution in [3.05, 3.63) is 109 Å². The van der Waals surface area contributed by atoms with Crippen LogP contribution in [0.15, 0.2) is 104 Å². The van der Waals surface area contributed by atoms with Crippen molar-refractivity contribution in [2.45, 2.75) is 6.42 Å². The van der Waals surface area contributed by atoms with Crippen LogP contribution in [-0.2, 0) is 19.1 Å². The minimum absolute atomic E-state index is 0.00984. The Morgan fingerprint density at radius 3 is 1.82 bits per heavy atom. The first kappa shape index (κ1) is 28.6. The molecule has 0 atom stereocenters. The number of esters is 3. The number of rotatable bonds is 13. The number of aliphatic hydroxyl groups excluding tert-OH is 1. The molecule has 39 heavy (non-hydrogen) atoms. The Bertz CT molecular complexity index is 1320.